The van der Waals surface area contributed by atoms with Gasteiger partial charge in [-0.15, -0.1) is 0 Å². The molecule has 0 aliphatic carbocycles. The number of ether oxygens (including phenoxy) is 1. The first-order valence-electron chi connectivity index (χ1n) is 6.78. The number of carbonyl (C=O) groups excluding carboxylic acids is 1. The zero-order valence-electron chi connectivity index (χ0n) is 11.4. The molecule has 116 valence electrons. The number of hydrogen-bond acceptors (Lipinski definition) is 3. The second-order valence-electron chi connectivity index (χ2n) is 4.92. The summed E-state index contributed by atoms with van der Waals surface area (Å²) in [4.78, 5) is 12.0. The van der Waals surface area contributed by atoms with Gasteiger partial charge in [-0.1, -0.05) is 6.42 Å². The van der Waals surface area contributed by atoms with Gasteiger partial charge in [-0.2, -0.15) is 13.2 Å². The molecule has 0 unspecified atom stereocenters. The number of halogens is 3. The van der Waals surface area contributed by atoms with Crippen LogP contribution in [-0.2, 0) is 4.79 Å². The number of carbonyl (C=O) groups is 1. The predicted molar refractivity (Wildman–Crippen MR) is 72.3 cm³/mol. The molecule has 1 saturated heterocycles. The molecule has 1 heterocycles. The van der Waals surface area contributed by atoms with E-state index in [1.807, 2.05) is 0 Å². The minimum Gasteiger partial charge on any atom is -0.484 e. The van der Waals surface area contributed by atoms with Crippen LogP contribution >= 0.6 is 0 Å². The second kappa shape index (κ2) is 6.80. The Balaban J connectivity index is 1.85. The van der Waals surface area contributed by atoms with Gasteiger partial charge in [0.1, 0.15) is 5.75 Å². The Labute approximate surface area is 120 Å². The quantitative estimate of drug-likeness (QED) is 0.899. The van der Waals surface area contributed by atoms with Gasteiger partial charge in [0.15, 0.2) is 6.61 Å². The predicted octanol–water partition coefficient (Wildman–Crippen LogP) is 2.71. The summed E-state index contributed by atoms with van der Waals surface area (Å²) in [5.74, 6) is -0.0141. The summed E-state index contributed by atoms with van der Waals surface area (Å²) >= 11 is 0. The first kappa shape index (κ1) is 15.6. The van der Waals surface area contributed by atoms with Crippen LogP contribution in [0.5, 0.6) is 5.75 Å². The van der Waals surface area contributed by atoms with Crippen molar-refractivity contribution >= 4 is 11.6 Å². The van der Waals surface area contributed by atoms with Gasteiger partial charge in [0.2, 0.25) is 5.91 Å². The van der Waals surface area contributed by atoms with Crippen LogP contribution in [0.1, 0.15) is 19.3 Å². The highest BCUT2D eigenvalue weighted by Crippen LogP contribution is 2.20. The van der Waals surface area contributed by atoms with E-state index in [-0.39, 0.29) is 17.7 Å². The van der Waals surface area contributed by atoms with Crippen molar-refractivity contribution in [1.29, 1.82) is 0 Å². The number of hydrogen-bond donors (Lipinski definition) is 2. The lowest BCUT2D eigenvalue weighted by Gasteiger charge is -2.22. The maximum Gasteiger partial charge on any atom is 0.422 e. The van der Waals surface area contributed by atoms with Crippen LogP contribution in [0.4, 0.5) is 18.9 Å². The van der Waals surface area contributed by atoms with Crippen molar-refractivity contribution in [2.24, 2.45) is 0 Å². The zero-order chi connectivity index (χ0) is 15.3. The molecule has 2 N–H and O–H groups in total. The number of nitrogens with one attached hydrogen (secondary N) is 2. The van der Waals surface area contributed by atoms with Crippen LogP contribution in [0.25, 0.3) is 0 Å². The highest BCUT2D eigenvalue weighted by Gasteiger charge is 2.28. The van der Waals surface area contributed by atoms with Crippen molar-refractivity contribution in [3.63, 3.8) is 0 Å². The van der Waals surface area contributed by atoms with Crippen molar-refractivity contribution in [2.45, 2.75) is 31.5 Å². The van der Waals surface area contributed by atoms with E-state index < -0.39 is 12.8 Å². The summed E-state index contributed by atoms with van der Waals surface area (Å²) in [6.45, 7) is -0.507. The van der Waals surface area contributed by atoms with Gasteiger partial charge < -0.3 is 15.4 Å². The number of benzene rings is 1. The lowest BCUT2D eigenvalue weighted by Crippen LogP contribution is -2.43. The molecule has 0 saturated carbocycles. The van der Waals surface area contributed by atoms with E-state index in [0.717, 1.165) is 25.8 Å². The van der Waals surface area contributed by atoms with Crippen molar-refractivity contribution < 1.29 is 22.7 Å². The van der Waals surface area contributed by atoms with E-state index in [1.54, 1.807) is 0 Å². The fraction of sp³-hybridized carbons (Fsp3) is 0.500. The first-order chi connectivity index (χ1) is 9.94. The van der Waals surface area contributed by atoms with E-state index >= 15 is 0 Å². The molecule has 0 aromatic heterocycles. The number of rotatable bonds is 4. The molecule has 0 bridgehead atoms. The Kier molecular flexibility index (Phi) is 5.06. The van der Waals surface area contributed by atoms with Gasteiger partial charge in [0.05, 0.1) is 6.04 Å². The second-order valence-corrected chi connectivity index (χ2v) is 4.92. The monoisotopic (exact) mass is 302 g/mol. The van der Waals surface area contributed by atoms with Crippen LogP contribution < -0.4 is 15.4 Å². The fourth-order valence-electron chi connectivity index (χ4n) is 2.10. The molecule has 0 spiro atoms. The van der Waals surface area contributed by atoms with E-state index in [0.29, 0.717) is 5.69 Å². The first-order valence-corrected chi connectivity index (χ1v) is 6.78. The number of piperidine rings is 1. The Morgan fingerprint density at radius 3 is 2.57 bits per heavy atom. The normalized spacial score (nSPS) is 19.1. The van der Waals surface area contributed by atoms with Gasteiger partial charge in [-0.05, 0) is 43.7 Å². The maximum absolute atomic E-state index is 12.0. The molecular formula is C14H17F3N2O2. The molecule has 1 aromatic rings. The third kappa shape index (κ3) is 5.26. The summed E-state index contributed by atoms with van der Waals surface area (Å²) in [6, 6.07) is 5.63. The van der Waals surface area contributed by atoms with Crippen LogP contribution in [0, 0.1) is 0 Å². The third-order valence-electron chi connectivity index (χ3n) is 3.15. The Hall–Kier alpha value is -1.76. The molecule has 1 aromatic carbocycles. The molecule has 1 amide bonds. The number of anilines is 1. The van der Waals surface area contributed by atoms with Gasteiger partial charge in [-0.3, -0.25) is 4.79 Å². The molecule has 21 heavy (non-hydrogen) atoms. The molecule has 0 radical (unpaired) electrons. The SMILES string of the molecule is O=C(Nc1ccc(OCC(F)(F)F)cc1)[C@@H]1CCCCN1. The van der Waals surface area contributed by atoms with Gasteiger partial charge in [-0.25, -0.2) is 0 Å². The summed E-state index contributed by atoms with van der Waals surface area (Å²) < 4.78 is 40.6. The molecule has 1 atom stereocenters. The molecule has 1 aliphatic heterocycles. The molecule has 7 heteroatoms. The summed E-state index contributed by atoms with van der Waals surface area (Å²) in [5, 5.41) is 5.86. The molecule has 1 aliphatic rings. The van der Waals surface area contributed by atoms with E-state index in [4.69, 9.17) is 0 Å². The fourth-order valence-corrected chi connectivity index (χ4v) is 2.10. The standard InChI is InChI=1S/C14H17F3N2O2/c15-14(16,17)9-21-11-6-4-10(5-7-11)19-13(20)12-3-1-2-8-18-12/h4-7,12,18H,1-3,8-9H2,(H,19,20)/t12-/m0/s1. The van der Waals surface area contributed by atoms with E-state index in [2.05, 4.69) is 15.4 Å². The van der Waals surface area contributed by atoms with Gasteiger partial charge >= 0.3 is 6.18 Å². The smallest absolute Gasteiger partial charge is 0.422 e. The molecule has 4 nitrogen and oxygen atoms in total. The lowest BCUT2D eigenvalue weighted by atomic mass is 10.0. The summed E-state index contributed by atoms with van der Waals surface area (Å²) in [6.07, 6.45) is -1.50. The van der Waals surface area contributed by atoms with Gasteiger partial charge in [0, 0.05) is 5.69 Å². The lowest BCUT2D eigenvalue weighted by molar-refractivity contribution is -0.153. The Bertz CT molecular complexity index is 468. The van der Waals surface area contributed by atoms with Crippen molar-refractivity contribution in [3.8, 4) is 5.75 Å². The molecule has 1 fully saturated rings. The number of alkyl halides is 3. The average molecular weight is 302 g/mol. The summed E-state index contributed by atoms with van der Waals surface area (Å²) in [5.41, 5.74) is 0.534. The van der Waals surface area contributed by atoms with Crippen molar-refractivity contribution in [2.75, 3.05) is 18.5 Å². The highest BCUT2D eigenvalue weighted by molar-refractivity contribution is 5.94. The average Bonchev–Trinajstić information content (AvgIpc) is 2.46. The van der Waals surface area contributed by atoms with E-state index in [9.17, 15) is 18.0 Å². The Morgan fingerprint density at radius 2 is 2.00 bits per heavy atom. The topological polar surface area (TPSA) is 50.4 Å². The van der Waals surface area contributed by atoms with Crippen molar-refractivity contribution in [3.05, 3.63) is 24.3 Å². The molecule has 2 rings (SSSR count). The third-order valence-corrected chi connectivity index (χ3v) is 3.15. The minimum atomic E-state index is -4.36. The molecular weight excluding hydrogens is 285 g/mol. The minimum absolute atomic E-state index is 0.112. The van der Waals surface area contributed by atoms with E-state index in [1.165, 1.54) is 24.3 Å². The van der Waals surface area contributed by atoms with Crippen LogP contribution in [0.2, 0.25) is 0 Å². The maximum atomic E-state index is 12.0. The van der Waals surface area contributed by atoms with Crippen LogP contribution in [0.3, 0.4) is 0 Å². The van der Waals surface area contributed by atoms with Crippen LogP contribution in [-0.4, -0.2) is 31.3 Å². The van der Waals surface area contributed by atoms with Gasteiger partial charge in [0.25, 0.3) is 0 Å². The van der Waals surface area contributed by atoms with Crippen molar-refractivity contribution in [1.82, 2.24) is 5.32 Å². The number of amides is 1. The largest absolute Gasteiger partial charge is 0.484 e. The zero-order valence-corrected chi connectivity index (χ0v) is 11.4. The Morgan fingerprint density at radius 1 is 1.29 bits per heavy atom. The highest BCUT2D eigenvalue weighted by atomic mass is 19.4. The summed E-state index contributed by atoms with van der Waals surface area (Å²) in [7, 11) is 0. The van der Waals surface area contributed by atoms with Crippen LogP contribution in [0.15, 0.2) is 24.3 Å².